The Hall–Kier alpha value is -1.83. The van der Waals surface area contributed by atoms with Gasteiger partial charge in [-0.25, -0.2) is 0 Å². The highest BCUT2D eigenvalue weighted by Crippen LogP contribution is 2.29. The minimum atomic E-state index is -4.61. The largest absolute Gasteiger partial charge is 0.417 e. The van der Waals surface area contributed by atoms with Gasteiger partial charge in [-0.1, -0.05) is 13.8 Å². The number of pyridine rings is 1. The molecule has 1 aromatic rings. The first-order valence-corrected chi connectivity index (χ1v) is 5.97. The highest BCUT2D eigenvalue weighted by atomic mass is 19.4. The molecular formula is C12H16F3N3O2. The van der Waals surface area contributed by atoms with Crippen molar-refractivity contribution >= 4 is 11.6 Å². The molecule has 1 heterocycles. The molecule has 0 fully saturated rings. The number of nitrogens with two attached hydrogens (primary N) is 1. The first-order valence-electron chi connectivity index (χ1n) is 5.97. The van der Waals surface area contributed by atoms with Crippen molar-refractivity contribution in [2.24, 2.45) is 11.7 Å². The molecule has 0 aliphatic rings. The first-order chi connectivity index (χ1) is 9.11. The number of alkyl halides is 3. The summed E-state index contributed by atoms with van der Waals surface area (Å²) >= 11 is 0. The Bertz CT molecular complexity index is 537. The van der Waals surface area contributed by atoms with Gasteiger partial charge in [0.25, 0.3) is 5.56 Å². The Labute approximate surface area is 113 Å². The topological polar surface area (TPSA) is 88.0 Å². The fourth-order valence-corrected chi connectivity index (χ4v) is 1.58. The van der Waals surface area contributed by atoms with Crippen LogP contribution in [0.1, 0.15) is 25.8 Å². The van der Waals surface area contributed by atoms with Gasteiger partial charge >= 0.3 is 6.18 Å². The van der Waals surface area contributed by atoms with Crippen LogP contribution in [0.25, 0.3) is 0 Å². The zero-order chi connectivity index (χ0) is 15.5. The average molecular weight is 291 g/mol. The van der Waals surface area contributed by atoms with E-state index in [0.29, 0.717) is 18.7 Å². The Morgan fingerprint density at radius 3 is 2.55 bits per heavy atom. The first kappa shape index (κ1) is 16.2. The standard InChI is InChI=1S/C12H16F3N3O2/c1-6(2)3-8(16)10(19)18-9-4-7(12(13,14)15)5-17-11(9)20/h4-6,8H,3,16H2,1-2H3,(H,17,20)(H,18,19)/t8-/m0/s1. The van der Waals surface area contributed by atoms with Crippen LogP contribution in [0, 0.1) is 5.92 Å². The molecular weight excluding hydrogens is 275 g/mol. The van der Waals surface area contributed by atoms with E-state index < -0.39 is 34.9 Å². The highest BCUT2D eigenvalue weighted by Gasteiger charge is 2.31. The van der Waals surface area contributed by atoms with Gasteiger partial charge in [-0.15, -0.1) is 0 Å². The number of aromatic nitrogens is 1. The number of hydrogen-bond donors (Lipinski definition) is 3. The van der Waals surface area contributed by atoms with Gasteiger partial charge in [-0.3, -0.25) is 9.59 Å². The number of rotatable bonds is 4. The molecule has 20 heavy (non-hydrogen) atoms. The minimum absolute atomic E-state index is 0.149. The van der Waals surface area contributed by atoms with Crippen LogP contribution in [0.3, 0.4) is 0 Å². The highest BCUT2D eigenvalue weighted by molar-refractivity contribution is 5.94. The fourth-order valence-electron chi connectivity index (χ4n) is 1.58. The third kappa shape index (κ3) is 4.37. The van der Waals surface area contributed by atoms with Gasteiger partial charge in [0, 0.05) is 6.20 Å². The minimum Gasteiger partial charge on any atom is -0.327 e. The van der Waals surface area contributed by atoms with Crippen LogP contribution < -0.4 is 16.6 Å². The lowest BCUT2D eigenvalue weighted by molar-refractivity contribution is -0.137. The van der Waals surface area contributed by atoms with E-state index in [9.17, 15) is 22.8 Å². The molecule has 4 N–H and O–H groups in total. The maximum Gasteiger partial charge on any atom is 0.417 e. The molecule has 1 aromatic heterocycles. The van der Waals surface area contributed by atoms with Crippen LogP contribution >= 0.6 is 0 Å². The Kier molecular flexibility index (Phi) is 4.93. The van der Waals surface area contributed by atoms with Crippen LogP contribution in [-0.2, 0) is 11.0 Å². The SMILES string of the molecule is CC(C)C[C@H](N)C(=O)Nc1cc(C(F)(F)F)c[nH]c1=O. The van der Waals surface area contributed by atoms with E-state index in [0.717, 1.165) is 0 Å². The van der Waals surface area contributed by atoms with Gasteiger partial charge in [-0.05, 0) is 18.4 Å². The van der Waals surface area contributed by atoms with Crippen molar-refractivity contribution in [1.82, 2.24) is 4.98 Å². The second kappa shape index (κ2) is 6.08. The average Bonchev–Trinajstić information content (AvgIpc) is 2.29. The summed E-state index contributed by atoms with van der Waals surface area (Å²) in [6.07, 6.45) is -3.70. The number of hydrogen-bond acceptors (Lipinski definition) is 3. The molecule has 0 saturated heterocycles. The lowest BCUT2D eigenvalue weighted by atomic mass is 10.0. The van der Waals surface area contributed by atoms with E-state index in [2.05, 4.69) is 5.32 Å². The summed E-state index contributed by atoms with van der Waals surface area (Å²) in [6, 6.07) is -0.303. The fraction of sp³-hybridized carbons (Fsp3) is 0.500. The molecule has 0 unspecified atom stereocenters. The number of H-pyrrole nitrogens is 1. The van der Waals surface area contributed by atoms with E-state index in [1.807, 2.05) is 18.8 Å². The molecule has 0 bridgehead atoms. The van der Waals surface area contributed by atoms with Crippen LogP contribution in [0.5, 0.6) is 0 Å². The molecule has 1 atom stereocenters. The van der Waals surface area contributed by atoms with Crippen molar-refractivity contribution in [2.75, 3.05) is 5.32 Å². The van der Waals surface area contributed by atoms with Crippen LogP contribution in [-0.4, -0.2) is 16.9 Å². The van der Waals surface area contributed by atoms with Crippen molar-refractivity contribution in [3.63, 3.8) is 0 Å². The predicted octanol–water partition coefficient (Wildman–Crippen LogP) is 1.71. The van der Waals surface area contributed by atoms with Crippen molar-refractivity contribution in [2.45, 2.75) is 32.5 Å². The summed E-state index contributed by atoms with van der Waals surface area (Å²) in [4.78, 5) is 25.0. The summed E-state index contributed by atoms with van der Waals surface area (Å²) in [7, 11) is 0. The van der Waals surface area contributed by atoms with Crippen molar-refractivity contribution in [3.8, 4) is 0 Å². The molecule has 5 nitrogen and oxygen atoms in total. The molecule has 0 aromatic carbocycles. The second-order valence-electron chi connectivity index (χ2n) is 4.85. The number of carbonyl (C=O) groups is 1. The molecule has 0 aliphatic heterocycles. The van der Waals surface area contributed by atoms with E-state index in [1.165, 1.54) is 0 Å². The number of carbonyl (C=O) groups excluding carboxylic acids is 1. The Morgan fingerprint density at radius 1 is 1.45 bits per heavy atom. The van der Waals surface area contributed by atoms with E-state index in [-0.39, 0.29) is 5.92 Å². The summed E-state index contributed by atoms with van der Waals surface area (Å²) in [5.74, 6) is -0.543. The quantitative estimate of drug-likeness (QED) is 0.789. The molecule has 112 valence electrons. The molecule has 0 radical (unpaired) electrons. The zero-order valence-electron chi connectivity index (χ0n) is 11.0. The van der Waals surface area contributed by atoms with Gasteiger partial charge in [0.2, 0.25) is 5.91 Å². The molecule has 0 spiro atoms. The van der Waals surface area contributed by atoms with Gasteiger partial charge in [0.05, 0.1) is 11.6 Å². The number of amides is 1. The maximum absolute atomic E-state index is 12.5. The van der Waals surface area contributed by atoms with Crippen LogP contribution in [0.15, 0.2) is 17.1 Å². The summed E-state index contributed by atoms with van der Waals surface area (Å²) < 4.78 is 37.5. The van der Waals surface area contributed by atoms with Crippen LogP contribution in [0.2, 0.25) is 0 Å². The number of anilines is 1. The summed E-state index contributed by atoms with van der Waals surface area (Å²) in [5.41, 5.74) is 3.26. The Morgan fingerprint density at radius 2 is 2.05 bits per heavy atom. The number of aromatic amines is 1. The van der Waals surface area contributed by atoms with E-state index in [1.54, 1.807) is 0 Å². The lowest BCUT2D eigenvalue weighted by Gasteiger charge is -2.14. The monoisotopic (exact) mass is 291 g/mol. The van der Waals surface area contributed by atoms with Gasteiger partial charge in [0.1, 0.15) is 5.69 Å². The Balaban J connectivity index is 2.92. The number of nitrogens with one attached hydrogen (secondary N) is 2. The smallest absolute Gasteiger partial charge is 0.327 e. The zero-order valence-corrected chi connectivity index (χ0v) is 11.0. The third-order valence-electron chi connectivity index (χ3n) is 2.55. The molecule has 8 heteroatoms. The van der Waals surface area contributed by atoms with Gasteiger partial charge < -0.3 is 16.0 Å². The van der Waals surface area contributed by atoms with Gasteiger partial charge in [-0.2, -0.15) is 13.2 Å². The van der Waals surface area contributed by atoms with Crippen molar-refractivity contribution in [3.05, 3.63) is 28.2 Å². The van der Waals surface area contributed by atoms with Crippen LogP contribution in [0.4, 0.5) is 18.9 Å². The number of halogens is 3. The normalized spacial score (nSPS) is 13.3. The van der Waals surface area contributed by atoms with Crippen molar-refractivity contribution in [1.29, 1.82) is 0 Å². The summed E-state index contributed by atoms with van der Waals surface area (Å²) in [5, 5.41) is 2.12. The van der Waals surface area contributed by atoms with E-state index in [4.69, 9.17) is 5.73 Å². The van der Waals surface area contributed by atoms with Gasteiger partial charge in [0.15, 0.2) is 0 Å². The summed E-state index contributed by atoms with van der Waals surface area (Å²) in [6.45, 7) is 3.70. The lowest BCUT2D eigenvalue weighted by Crippen LogP contribution is -2.38. The predicted molar refractivity (Wildman–Crippen MR) is 68.1 cm³/mol. The maximum atomic E-state index is 12.5. The second-order valence-corrected chi connectivity index (χ2v) is 4.85. The molecule has 0 saturated carbocycles. The van der Waals surface area contributed by atoms with Crippen molar-refractivity contribution < 1.29 is 18.0 Å². The molecule has 1 amide bonds. The third-order valence-corrected chi connectivity index (χ3v) is 2.55. The van der Waals surface area contributed by atoms with E-state index >= 15 is 0 Å². The molecule has 0 aliphatic carbocycles. The molecule has 1 rings (SSSR count).